The number of rotatable bonds is 5. The van der Waals surface area contributed by atoms with Crippen LogP contribution >= 0.6 is 23.2 Å². The van der Waals surface area contributed by atoms with Gasteiger partial charge < -0.3 is 14.5 Å². The molecule has 0 unspecified atom stereocenters. The van der Waals surface area contributed by atoms with Crippen molar-refractivity contribution >= 4 is 51.8 Å². The van der Waals surface area contributed by atoms with Gasteiger partial charge in [-0.15, -0.1) is 0 Å². The Hall–Kier alpha value is -3.35. The number of aromatic carboxylic acids is 1. The van der Waals surface area contributed by atoms with Crippen LogP contribution in [0.2, 0.25) is 10.0 Å². The number of aromatic nitrogens is 2. The van der Waals surface area contributed by atoms with E-state index in [0.717, 1.165) is 85.3 Å². The summed E-state index contributed by atoms with van der Waals surface area (Å²) >= 11 is 13.1. The minimum atomic E-state index is -1.01. The molecular formula is C31H27Cl2N3O3. The average Bonchev–Trinajstić information content (AvgIpc) is 3.68. The first kappa shape index (κ1) is 24.7. The van der Waals surface area contributed by atoms with Gasteiger partial charge in [-0.05, 0) is 86.4 Å². The molecular weight excluding hydrogens is 533 g/mol. The zero-order valence-corrected chi connectivity index (χ0v) is 22.8. The number of anilines is 1. The number of carbonyl (C=O) groups is 1. The second kappa shape index (κ2) is 9.39. The molecule has 8 heteroatoms. The van der Waals surface area contributed by atoms with Crippen LogP contribution in [0.1, 0.15) is 66.3 Å². The Balaban J connectivity index is 1.07. The minimum absolute atomic E-state index is 0.0709. The van der Waals surface area contributed by atoms with Crippen LogP contribution < -0.4 is 4.90 Å². The first-order valence-corrected chi connectivity index (χ1v) is 14.2. The monoisotopic (exact) mass is 559 g/mol. The zero-order chi connectivity index (χ0) is 26.7. The molecule has 1 spiro atoms. The Labute approximate surface area is 236 Å². The number of allylic oxidation sites excluding steroid dienone is 1. The van der Waals surface area contributed by atoms with Crippen molar-refractivity contribution in [3.63, 3.8) is 0 Å². The summed E-state index contributed by atoms with van der Waals surface area (Å²) in [4.78, 5) is 17.9. The minimum Gasteiger partial charge on any atom is -0.477 e. The molecule has 1 saturated heterocycles. The van der Waals surface area contributed by atoms with Crippen molar-refractivity contribution in [2.75, 3.05) is 18.0 Å². The van der Waals surface area contributed by atoms with Gasteiger partial charge in [-0.3, -0.25) is 0 Å². The molecule has 3 aliphatic rings. The topological polar surface area (TPSA) is 79.5 Å². The molecule has 2 aromatic carbocycles. The molecule has 2 aromatic heterocycles. The van der Waals surface area contributed by atoms with Gasteiger partial charge in [0.2, 0.25) is 0 Å². The highest BCUT2D eigenvalue weighted by atomic mass is 35.5. The smallest absolute Gasteiger partial charge is 0.354 e. The van der Waals surface area contributed by atoms with E-state index in [-0.39, 0.29) is 5.69 Å². The fraction of sp³-hybridized carbons (Fsp3) is 0.323. The summed E-state index contributed by atoms with van der Waals surface area (Å²) < 4.78 is 5.85. The molecule has 1 N–H and O–H groups in total. The van der Waals surface area contributed by atoms with Crippen LogP contribution in [0, 0.1) is 5.41 Å². The summed E-state index contributed by atoms with van der Waals surface area (Å²) in [6.45, 7) is 2.00. The molecule has 4 aromatic rings. The molecule has 3 fully saturated rings. The highest BCUT2D eigenvalue weighted by Gasteiger charge is 2.43. The lowest BCUT2D eigenvalue weighted by molar-refractivity contribution is 0.0691. The van der Waals surface area contributed by atoms with E-state index in [4.69, 9.17) is 27.7 Å². The summed E-state index contributed by atoms with van der Waals surface area (Å²) in [7, 11) is 0. The highest BCUT2D eigenvalue weighted by molar-refractivity contribution is 6.39. The molecule has 39 heavy (non-hydrogen) atoms. The van der Waals surface area contributed by atoms with Crippen LogP contribution in [0.4, 0.5) is 5.69 Å². The van der Waals surface area contributed by atoms with Crippen LogP contribution in [0.3, 0.4) is 0 Å². The molecule has 198 valence electrons. The standard InChI is InChI=1S/C31H27Cl2N3O3/c32-23-2-1-3-24(33)27(23)28-22(29(39-35-28)19-4-5-19)14-18-16-31(17-18)10-12-36(13-11-31)21-7-9-25-20(15-21)6-8-26(34-25)30(37)38/h1-3,6-9,14-15,19H,4-5,10-13,16-17H2,(H,37,38). The van der Waals surface area contributed by atoms with Gasteiger partial charge in [0.1, 0.15) is 17.1 Å². The molecule has 2 aliphatic carbocycles. The summed E-state index contributed by atoms with van der Waals surface area (Å²) in [5.74, 6) is 0.392. The number of pyridine rings is 1. The van der Waals surface area contributed by atoms with E-state index in [9.17, 15) is 9.90 Å². The molecule has 0 amide bonds. The van der Waals surface area contributed by atoms with Gasteiger partial charge in [-0.25, -0.2) is 9.78 Å². The van der Waals surface area contributed by atoms with Gasteiger partial charge >= 0.3 is 5.97 Å². The molecule has 0 bridgehead atoms. The second-order valence-corrected chi connectivity index (χ2v) is 12.0. The molecule has 6 nitrogen and oxygen atoms in total. The molecule has 3 heterocycles. The maximum Gasteiger partial charge on any atom is 0.354 e. The molecule has 2 saturated carbocycles. The molecule has 1 aliphatic heterocycles. The number of nitrogens with zero attached hydrogens (tertiary/aromatic N) is 3. The van der Waals surface area contributed by atoms with Gasteiger partial charge in [0.05, 0.1) is 15.6 Å². The first-order chi connectivity index (χ1) is 18.9. The number of hydrogen-bond acceptors (Lipinski definition) is 5. The number of carboxylic acid groups (broad SMARTS) is 1. The van der Waals surface area contributed by atoms with Crippen LogP contribution in [0.5, 0.6) is 0 Å². The lowest BCUT2D eigenvalue weighted by Crippen LogP contribution is -2.44. The molecule has 0 atom stereocenters. The summed E-state index contributed by atoms with van der Waals surface area (Å²) in [6, 6.07) is 15.0. The van der Waals surface area contributed by atoms with Crippen molar-refractivity contribution in [2.45, 2.75) is 44.4 Å². The van der Waals surface area contributed by atoms with E-state index in [1.165, 1.54) is 5.57 Å². The average molecular weight is 560 g/mol. The van der Waals surface area contributed by atoms with E-state index in [1.54, 1.807) is 6.07 Å². The van der Waals surface area contributed by atoms with Gasteiger partial charge in [0, 0.05) is 41.2 Å². The van der Waals surface area contributed by atoms with E-state index < -0.39 is 5.97 Å². The number of hydrogen-bond donors (Lipinski definition) is 1. The van der Waals surface area contributed by atoms with Crippen molar-refractivity contribution in [3.05, 3.63) is 81.2 Å². The molecule has 7 rings (SSSR count). The number of benzene rings is 2. The third-order valence-corrected chi connectivity index (χ3v) is 9.17. The normalized spacial score (nSPS) is 18.4. The SMILES string of the molecule is O=C(O)c1ccc2cc(N3CCC4(CC3)CC(=Cc3c(-c5c(Cl)cccc5Cl)noc3C3CC3)C4)ccc2n1. The fourth-order valence-electron chi connectivity index (χ4n) is 6.23. The van der Waals surface area contributed by atoms with Crippen molar-refractivity contribution in [1.29, 1.82) is 0 Å². The Morgan fingerprint density at radius 1 is 1.05 bits per heavy atom. The van der Waals surface area contributed by atoms with Gasteiger partial charge in [0.15, 0.2) is 0 Å². The van der Waals surface area contributed by atoms with E-state index in [1.807, 2.05) is 30.3 Å². The maximum atomic E-state index is 11.2. The first-order valence-electron chi connectivity index (χ1n) is 13.4. The lowest BCUT2D eigenvalue weighted by atomic mass is 9.60. The van der Waals surface area contributed by atoms with Crippen molar-refractivity contribution < 1.29 is 14.4 Å². The summed E-state index contributed by atoms with van der Waals surface area (Å²) in [5.41, 5.74) is 6.26. The molecule has 0 radical (unpaired) electrons. The predicted octanol–water partition coefficient (Wildman–Crippen LogP) is 8.24. The second-order valence-electron chi connectivity index (χ2n) is 11.2. The largest absolute Gasteiger partial charge is 0.477 e. The van der Waals surface area contributed by atoms with Gasteiger partial charge in [-0.2, -0.15) is 0 Å². The third-order valence-electron chi connectivity index (χ3n) is 8.54. The van der Waals surface area contributed by atoms with Crippen LogP contribution in [0.15, 0.2) is 58.6 Å². The Kier molecular flexibility index (Phi) is 5.94. The Morgan fingerprint density at radius 3 is 2.49 bits per heavy atom. The zero-order valence-electron chi connectivity index (χ0n) is 21.3. The van der Waals surface area contributed by atoms with E-state index >= 15 is 0 Å². The van der Waals surface area contributed by atoms with Crippen molar-refractivity contribution in [2.24, 2.45) is 5.41 Å². The lowest BCUT2D eigenvalue weighted by Gasteiger charge is -2.50. The maximum absolute atomic E-state index is 11.2. The Bertz CT molecular complexity index is 1620. The number of halogens is 2. The predicted molar refractivity (Wildman–Crippen MR) is 154 cm³/mol. The van der Waals surface area contributed by atoms with Crippen molar-refractivity contribution in [3.8, 4) is 11.3 Å². The van der Waals surface area contributed by atoms with Crippen molar-refractivity contribution in [1.82, 2.24) is 10.1 Å². The van der Waals surface area contributed by atoms with Crippen LogP contribution in [0.25, 0.3) is 28.2 Å². The summed E-state index contributed by atoms with van der Waals surface area (Å²) in [5, 5.41) is 15.8. The number of carboxylic acids is 1. The third kappa shape index (κ3) is 4.50. The van der Waals surface area contributed by atoms with Crippen LogP contribution in [-0.4, -0.2) is 34.3 Å². The van der Waals surface area contributed by atoms with Gasteiger partial charge in [0.25, 0.3) is 0 Å². The quantitative estimate of drug-likeness (QED) is 0.265. The van der Waals surface area contributed by atoms with E-state index in [2.05, 4.69) is 33.2 Å². The van der Waals surface area contributed by atoms with Crippen LogP contribution in [-0.2, 0) is 0 Å². The summed E-state index contributed by atoms with van der Waals surface area (Å²) in [6.07, 6.45) is 9.01. The highest BCUT2D eigenvalue weighted by Crippen LogP contribution is 2.54. The Morgan fingerprint density at radius 2 is 1.79 bits per heavy atom. The fourth-order valence-corrected chi connectivity index (χ4v) is 6.81. The van der Waals surface area contributed by atoms with Gasteiger partial charge in [-0.1, -0.05) is 46.1 Å². The number of piperidine rings is 1. The van der Waals surface area contributed by atoms with E-state index in [0.29, 0.717) is 26.9 Å². The number of fused-ring (bicyclic) bond motifs is 1.